The van der Waals surface area contributed by atoms with E-state index in [-0.39, 0.29) is 17.9 Å². The molecule has 1 heterocycles. The van der Waals surface area contributed by atoms with Crippen LogP contribution in [0.4, 0.5) is 10.1 Å². The number of benzene rings is 2. The van der Waals surface area contributed by atoms with Crippen LogP contribution in [0, 0.1) is 11.7 Å². The largest absolute Gasteiger partial charge is 0.478 e. The van der Waals surface area contributed by atoms with Gasteiger partial charge in [0.05, 0.1) is 11.6 Å². The number of carboxylic acid groups (broad SMARTS) is 1. The molecular formula is C20H16BrFN2O3. The van der Waals surface area contributed by atoms with Gasteiger partial charge in [0.2, 0.25) is 0 Å². The van der Waals surface area contributed by atoms with E-state index in [0.29, 0.717) is 11.4 Å². The lowest BCUT2D eigenvalue weighted by Crippen LogP contribution is -2.28. The minimum absolute atomic E-state index is 0.0251. The number of hydrogen-bond acceptors (Lipinski definition) is 3. The monoisotopic (exact) mass is 430 g/mol. The van der Waals surface area contributed by atoms with Gasteiger partial charge in [0, 0.05) is 15.8 Å². The highest BCUT2D eigenvalue weighted by molar-refractivity contribution is 9.10. The molecule has 1 amide bonds. The molecular weight excluding hydrogens is 415 g/mol. The highest BCUT2D eigenvalue weighted by Gasteiger charge is 2.35. The maximum Gasteiger partial charge on any atom is 0.331 e. The molecule has 3 rings (SSSR count). The number of rotatable bonds is 5. The van der Waals surface area contributed by atoms with Gasteiger partial charge in [0.15, 0.2) is 0 Å². The second-order valence-electron chi connectivity index (χ2n) is 6.15. The third kappa shape index (κ3) is 4.31. The SMILES string of the molecule is CC1=NN(c2ccc(F)cc2)C(=O)C1C/C(=C/c1ccc(Br)cc1)C(=O)O. The molecule has 1 atom stereocenters. The Bertz CT molecular complexity index is 937. The lowest BCUT2D eigenvalue weighted by Gasteiger charge is -2.14. The first-order chi connectivity index (χ1) is 12.8. The minimum Gasteiger partial charge on any atom is -0.478 e. The molecule has 1 aliphatic rings. The van der Waals surface area contributed by atoms with Gasteiger partial charge in [-0.2, -0.15) is 5.10 Å². The van der Waals surface area contributed by atoms with Gasteiger partial charge in [-0.25, -0.2) is 14.2 Å². The van der Waals surface area contributed by atoms with Crippen molar-refractivity contribution in [2.24, 2.45) is 11.0 Å². The fraction of sp³-hybridized carbons (Fsp3) is 0.150. The summed E-state index contributed by atoms with van der Waals surface area (Å²) in [5, 5.41) is 15.0. The van der Waals surface area contributed by atoms with Crippen LogP contribution in [0.5, 0.6) is 0 Å². The number of nitrogens with zero attached hydrogens (tertiary/aromatic N) is 2. The Labute approximate surface area is 163 Å². The maximum atomic E-state index is 13.1. The van der Waals surface area contributed by atoms with E-state index in [9.17, 15) is 19.1 Å². The lowest BCUT2D eigenvalue weighted by molar-refractivity contribution is -0.132. The van der Waals surface area contributed by atoms with Gasteiger partial charge in [0.25, 0.3) is 5.91 Å². The number of carbonyl (C=O) groups excluding carboxylic acids is 1. The van der Waals surface area contributed by atoms with Crippen LogP contribution in [0.3, 0.4) is 0 Å². The van der Waals surface area contributed by atoms with Crippen molar-refractivity contribution in [2.75, 3.05) is 5.01 Å². The van der Waals surface area contributed by atoms with Crippen LogP contribution < -0.4 is 5.01 Å². The Kier molecular flexibility index (Phi) is 5.51. The molecule has 5 nitrogen and oxygen atoms in total. The fourth-order valence-electron chi connectivity index (χ4n) is 2.79. The van der Waals surface area contributed by atoms with Gasteiger partial charge in [0.1, 0.15) is 5.82 Å². The number of hydrazone groups is 1. The van der Waals surface area contributed by atoms with Gasteiger partial charge >= 0.3 is 5.97 Å². The van der Waals surface area contributed by atoms with E-state index in [2.05, 4.69) is 21.0 Å². The number of amides is 1. The smallest absolute Gasteiger partial charge is 0.331 e. The highest BCUT2D eigenvalue weighted by Crippen LogP contribution is 2.28. The first-order valence-corrected chi connectivity index (χ1v) is 8.98. The summed E-state index contributed by atoms with van der Waals surface area (Å²) in [7, 11) is 0. The molecule has 0 saturated heterocycles. The van der Waals surface area contributed by atoms with Crippen molar-refractivity contribution >= 4 is 45.3 Å². The second-order valence-corrected chi connectivity index (χ2v) is 7.07. The van der Waals surface area contributed by atoms with E-state index < -0.39 is 17.7 Å². The number of anilines is 1. The van der Waals surface area contributed by atoms with Crippen LogP contribution in [0.1, 0.15) is 18.9 Å². The number of hydrogen-bond donors (Lipinski definition) is 1. The van der Waals surface area contributed by atoms with E-state index in [1.165, 1.54) is 29.3 Å². The van der Waals surface area contributed by atoms with Crippen molar-refractivity contribution < 1.29 is 19.1 Å². The Balaban J connectivity index is 1.83. The highest BCUT2D eigenvalue weighted by atomic mass is 79.9. The summed E-state index contributed by atoms with van der Waals surface area (Å²) in [4.78, 5) is 24.4. The molecule has 0 radical (unpaired) electrons. The van der Waals surface area contributed by atoms with Crippen molar-refractivity contribution in [1.29, 1.82) is 0 Å². The number of halogens is 2. The molecule has 7 heteroatoms. The van der Waals surface area contributed by atoms with Crippen LogP contribution in [-0.4, -0.2) is 22.7 Å². The van der Waals surface area contributed by atoms with E-state index in [1.54, 1.807) is 25.1 Å². The molecule has 27 heavy (non-hydrogen) atoms. The predicted molar refractivity (Wildman–Crippen MR) is 105 cm³/mol. The average molecular weight is 431 g/mol. The molecule has 0 bridgehead atoms. The number of aliphatic carboxylic acids is 1. The van der Waals surface area contributed by atoms with Gasteiger partial charge in [-0.15, -0.1) is 0 Å². The lowest BCUT2D eigenvalue weighted by atomic mass is 9.94. The van der Waals surface area contributed by atoms with Crippen LogP contribution in [-0.2, 0) is 9.59 Å². The predicted octanol–water partition coefficient (Wildman–Crippen LogP) is 4.49. The molecule has 1 N–H and O–H groups in total. The van der Waals surface area contributed by atoms with Crippen molar-refractivity contribution in [2.45, 2.75) is 13.3 Å². The molecule has 0 saturated carbocycles. The Morgan fingerprint density at radius 2 is 1.85 bits per heavy atom. The van der Waals surface area contributed by atoms with Crippen molar-refractivity contribution in [3.05, 3.63) is 70.0 Å². The topological polar surface area (TPSA) is 70.0 Å². The zero-order valence-electron chi connectivity index (χ0n) is 14.4. The van der Waals surface area contributed by atoms with Gasteiger partial charge in [-0.3, -0.25) is 4.79 Å². The molecule has 1 unspecified atom stereocenters. The average Bonchev–Trinajstić information content (AvgIpc) is 2.91. The van der Waals surface area contributed by atoms with Crippen LogP contribution >= 0.6 is 15.9 Å². The summed E-state index contributed by atoms with van der Waals surface area (Å²) < 4.78 is 14.0. The van der Waals surface area contributed by atoms with Crippen molar-refractivity contribution in [3.63, 3.8) is 0 Å². The van der Waals surface area contributed by atoms with Crippen molar-refractivity contribution in [1.82, 2.24) is 0 Å². The Morgan fingerprint density at radius 1 is 1.22 bits per heavy atom. The summed E-state index contributed by atoms with van der Waals surface area (Å²) >= 11 is 3.33. The van der Waals surface area contributed by atoms with Crippen LogP contribution in [0.2, 0.25) is 0 Å². The molecule has 0 aromatic heterocycles. The zero-order chi connectivity index (χ0) is 19.6. The van der Waals surface area contributed by atoms with E-state index in [4.69, 9.17) is 0 Å². The molecule has 138 valence electrons. The summed E-state index contributed by atoms with van der Waals surface area (Å²) in [6.45, 7) is 1.69. The molecule has 2 aromatic carbocycles. The van der Waals surface area contributed by atoms with Crippen LogP contribution in [0.25, 0.3) is 6.08 Å². The number of carbonyl (C=O) groups is 2. The second kappa shape index (κ2) is 7.84. The van der Waals surface area contributed by atoms with Crippen molar-refractivity contribution in [3.8, 4) is 0 Å². The van der Waals surface area contributed by atoms with Gasteiger partial charge < -0.3 is 5.11 Å². The van der Waals surface area contributed by atoms with E-state index in [0.717, 1.165) is 10.0 Å². The fourth-order valence-corrected chi connectivity index (χ4v) is 3.06. The summed E-state index contributed by atoms with van der Waals surface area (Å²) in [5.41, 5.74) is 1.81. The first-order valence-electron chi connectivity index (χ1n) is 8.19. The van der Waals surface area contributed by atoms with Crippen LogP contribution in [0.15, 0.2) is 63.7 Å². The Morgan fingerprint density at radius 3 is 2.44 bits per heavy atom. The summed E-state index contributed by atoms with van der Waals surface area (Å²) in [6, 6.07) is 12.6. The maximum absolute atomic E-state index is 13.1. The third-order valence-corrected chi connectivity index (χ3v) is 4.78. The molecule has 0 spiro atoms. The summed E-state index contributed by atoms with van der Waals surface area (Å²) in [6.07, 6.45) is 1.58. The molecule has 0 fully saturated rings. The Hall–Kier alpha value is -2.80. The molecule has 1 aliphatic heterocycles. The third-order valence-electron chi connectivity index (χ3n) is 4.25. The first kappa shape index (κ1) is 19.0. The number of carboxylic acids is 1. The molecule has 0 aliphatic carbocycles. The summed E-state index contributed by atoms with van der Waals surface area (Å²) in [5.74, 6) is -2.50. The van der Waals surface area contributed by atoms with E-state index >= 15 is 0 Å². The molecule has 2 aromatic rings. The standard InChI is InChI=1S/C20H16BrFN2O3/c1-12-18(19(25)24(23-12)17-8-6-16(22)7-9-17)11-14(20(26)27)10-13-2-4-15(21)5-3-13/h2-10,18H,11H2,1H3,(H,26,27)/b14-10-. The van der Waals surface area contributed by atoms with E-state index in [1.807, 2.05) is 12.1 Å². The quantitative estimate of drug-likeness (QED) is 0.710. The minimum atomic E-state index is -1.08. The zero-order valence-corrected chi connectivity index (χ0v) is 16.0. The van der Waals surface area contributed by atoms with Gasteiger partial charge in [-0.1, -0.05) is 28.1 Å². The van der Waals surface area contributed by atoms with Gasteiger partial charge in [-0.05, 0) is 61.4 Å². The normalized spacial score (nSPS) is 17.2.